The Morgan fingerprint density at radius 2 is 1.94 bits per heavy atom. The van der Waals surface area contributed by atoms with E-state index in [0.717, 1.165) is 18.7 Å². The second-order valence-corrected chi connectivity index (χ2v) is 4.47. The summed E-state index contributed by atoms with van der Waals surface area (Å²) in [6.07, 6.45) is 0.494. The van der Waals surface area contributed by atoms with E-state index in [1.54, 1.807) is 0 Å². The van der Waals surface area contributed by atoms with E-state index < -0.39 is 0 Å². The maximum atomic E-state index is 11.4. The van der Waals surface area contributed by atoms with E-state index in [4.69, 9.17) is 0 Å². The van der Waals surface area contributed by atoms with Crippen LogP contribution in [0.25, 0.3) is 0 Å². The van der Waals surface area contributed by atoms with Gasteiger partial charge in [-0.15, -0.1) is 0 Å². The number of thiol groups is 1. The number of aryl methyl sites for hydroxylation is 1. The van der Waals surface area contributed by atoms with Gasteiger partial charge in [0.15, 0.2) is 0 Å². The van der Waals surface area contributed by atoms with Gasteiger partial charge in [0.2, 0.25) is 0 Å². The van der Waals surface area contributed by atoms with Crippen LogP contribution < -0.4 is 4.90 Å². The quantitative estimate of drug-likeness (QED) is 0.785. The molecule has 94 valence electrons. The minimum Gasteiger partial charge on any atom is -0.372 e. The summed E-state index contributed by atoms with van der Waals surface area (Å²) in [5.74, 6) is 0.490. The number of nitrogens with zero attached hydrogens (tertiary/aromatic N) is 1. The molecule has 1 aromatic rings. The van der Waals surface area contributed by atoms with Crippen molar-refractivity contribution >= 4 is 24.1 Å². The third-order valence-electron chi connectivity index (χ3n) is 3.02. The molecule has 2 nitrogen and oxygen atoms in total. The lowest BCUT2D eigenvalue weighted by Crippen LogP contribution is -2.21. The predicted octanol–water partition coefficient (Wildman–Crippen LogP) is 2.88. The van der Waals surface area contributed by atoms with Gasteiger partial charge in [-0.3, -0.25) is 4.79 Å². The molecule has 1 rings (SSSR count). The maximum Gasteiger partial charge on any atom is 0.146 e. The molecule has 0 aromatic heterocycles. The molecule has 0 unspecified atom stereocenters. The molecule has 0 atom stereocenters. The van der Waals surface area contributed by atoms with Crippen molar-refractivity contribution in [3.63, 3.8) is 0 Å². The summed E-state index contributed by atoms with van der Waals surface area (Å²) < 4.78 is 0. The molecule has 0 fully saturated rings. The number of hydrogen-bond donors (Lipinski definition) is 1. The summed E-state index contributed by atoms with van der Waals surface area (Å²) >= 11 is 4.01. The van der Waals surface area contributed by atoms with Crippen LogP contribution >= 0.6 is 12.6 Å². The van der Waals surface area contributed by atoms with E-state index in [1.165, 1.54) is 11.3 Å². The van der Waals surface area contributed by atoms with Gasteiger partial charge in [0.25, 0.3) is 0 Å². The van der Waals surface area contributed by atoms with E-state index in [0.29, 0.717) is 12.2 Å². The van der Waals surface area contributed by atoms with Crippen molar-refractivity contribution in [2.45, 2.75) is 27.2 Å². The smallest absolute Gasteiger partial charge is 0.146 e. The topological polar surface area (TPSA) is 20.3 Å². The van der Waals surface area contributed by atoms with Crippen molar-refractivity contribution in [3.05, 3.63) is 29.3 Å². The highest BCUT2D eigenvalue weighted by Crippen LogP contribution is 2.19. The number of hydrogen-bond acceptors (Lipinski definition) is 3. The number of rotatable bonds is 6. The summed E-state index contributed by atoms with van der Waals surface area (Å²) in [6, 6.07) is 6.32. The van der Waals surface area contributed by atoms with E-state index in [9.17, 15) is 4.79 Å². The van der Waals surface area contributed by atoms with Crippen molar-refractivity contribution in [1.29, 1.82) is 0 Å². The van der Waals surface area contributed by atoms with Crippen molar-refractivity contribution in [3.8, 4) is 0 Å². The van der Waals surface area contributed by atoms with Crippen LogP contribution in [0.5, 0.6) is 0 Å². The monoisotopic (exact) mass is 251 g/mol. The molecule has 17 heavy (non-hydrogen) atoms. The highest BCUT2D eigenvalue weighted by molar-refractivity contribution is 7.81. The summed E-state index contributed by atoms with van der Waals surface area (Å²) in [6.45, 7) is 8.37. The Hall–Kier alpha value is -0.960. The van der Waals surface area contributed by atoms with Crippen LogP contribution in [0.4, 0.5) is 5.69 Å². The zero-order valence-electron chi connectivity index (χ0n) is 10.9. The molecule has 0 aliphatic heterocycles. The van der Waals surface area contributed by atoms with Crippen LogP contribution in [0.15, 0.2) is 18.2 Å². The first-order valence-corrected chi connectivity index (χ1v) is 6.72. The lowest BCUT2D eigenvalue weighted by atomic mass is 10.0. The molecule has 0 spiro atoms. The number of carbonyl (C=O) groups excluding carboxylic acids is 1. The van der Waals surface area contributed by atoms with Crippen molar-refractivity contribution < 1.29 is 4.79 Å². The van der Waals surface area contributed by atoms with Gasteiger partial charge in [-0.1, -0.05) is 6.07 Å². The van der Waals surface area contributed by atoms with Crippen LogP contribution in [0.2, 0.25) is 0 Å². The van der Waals surface area contributed by atoms with Gasteiger partial charge >= 0.3 is 0 Å². The molecule has 0 aliphatic rings. The molecular weight excluding hydrogens is 230 g/mol. The minimum absolute atomic E-state index is 0.173. The molecule has 0 saturated heterocycles. The molecule has 1 aromatic carbocycles. The maximum absolute atomic E-state index is 11.4. The van der Waals surface area contributed by atoms with Crippen LogP contribution in [0, 0.1) is 6.92 Å². The van der Waals surface area contributed by atoms with Gasteiger partial charge in [-0.25, -0.2) is 0 Å². The molecule has 0 N–H and O–H groups in total. The Morgan fingerprint density at radius 1 is 1.29 bits per heavy atom. The molecule has 0 amide bonds. The zero-order valence-corrected chi connectivity index (χ0v) is 11.8. The first kappa shape index (κ1) is 14.1. The number of anilines is 1. The van der Waals surface area contributed by atoms with Crippen molar-refractivity contribution in [2.75, 3.05) is 23.7 Å². The van der Waals surface area contributed by atoms with Gasteiger partial charge in [-0.05, 0) is 44.0 Å². The largest absolute Gasteiger partial charge is 0.372 e. The van der Waals surface area contributed by atoms with E-state index >= 15 is 0 Å². The SMILES string of the molecule is CCN(CC)c1ccc(CC(=O)CS)c(C)c1. The fourth-order valence-corrected chi connectivity index (χ4v) is 2.04. The Bertz CT molecular complexity index is 386. The lowest BCUT2D eigenvalue weighted by molar-refractivity contribution is -0.115. The third-order valence-corrected chi connectivity index (χ3v) is 3.37. The van der Waals surface area contributed by atoms with Gasteiger partial charge in [0.05, 0.1) is 0 Å². The lowest BCUT2D eigenvalue weighted by Gasteiger charge is -2.22. The van der Waals surface area contributed by atoms with E-state index in [2.05, 4.69) is 56.5 Å². The molecule has 0 bridgehead atoms. The fourth-order valence-electron chi connectivity index (χ4n) is 1.93. The average molecular weight is 251 g/mol. The first-order valence-electron chi connectivity index (χ1n) is 6.09. The number of ketones is 1. The average Bonchev–Trinajstić information content (AvgIpc) is 2.33. The molecule has 0 aliphatic carbocycles. The fraction of sp³-hybridized carbons (Fsp3) is 0.500. The Kier molecular flexibility index (Phi) is 5.56. The number of benzene rings is 1. The van der Waals surface area contributed by atoms with Crippen LogP contribution in [0.1, 0.15) is 25.0 Å². The van der Waals surface area contributed by atoms with Gasteiger partial charge in [0.1, 0.15) is 5.78 Å². The molecular formula is C14H21NOS. The highest BCUT2D eigenvalue weighted by Gasteiger charge is 2.07. The van der Waals surface area contributed by atoms with Crippen molar-refractivity contribution in [1.82, 2.24) is 0 Å². The molecule has 0 heterocycles. The summed E-state index contributed by atoms with van der Waals surface area (Å²) in [5.41, 5.74) is 3.53. The highest BCUT2D eigenvalue weighted by atomic mass is 32.1. The normalized spacial score (nSPS) is 10.4. The van der Waals surface area contributed by atoms with E-state index in [1.807, 2.05) is 0 Å². The van der Waals surface area contributed by atoms with Crippen molar-refractivity contribution in [2.24, 2.45) is 0 Å². The summed E-state index contributed by atoms with van der Waals surface area (Å²) in [4.78, 5) is 13.7. The Morgan fingerprint density at radius 3 is 2.41 bits per heavy atom. The second kappa shape index (κ2) is 6.70. The first-order chi connectivity index (χ1) is 8.12. The minimum atomic E-state index is 0.173. The van der Waals surface area contributed by atoms with Gasteiger partial charge in [0, 0.05) is 31.0 Å². The molecule has 3 heteroatoms. The third kappa shape index (κ3) is 3.77. The second-order valence-electron chi connectivity index (χ2n) is 4.16. The number of carbonyl (C=O) groups is 1. The van der Waals surface area contributed by atoms with E-state index in [-0.39, 0.29) is 5.78 Å². The van der Waals surface area contributed by atoms with Crippen LogP contribution in [-0.4, -0.2) is 24.6 Å². The summed E-state index contributed by atoms with van der Waals surface area (Å²) in [7, 11) is 0. The number of Topliss-reactive ketones (excluding diaryl/α,β-unsaturated/α-hetero) is 1. The van der Waals surface area contributed by atoms with Gasteiger partial charge in [-0.2, -0.15) is 12.6 Å². The molecule has 0 saturated carbocycles. The summed E-state index contributed by atoms with van der Waals surface area (Å²) in [5, 5.41) is 0. The zero-order chi connectivity index (χ0) is 12.8. The van der Waals surface area contributed by atoms with Gasteiger partial charge < -0.3 is 4.90 Å². The molecule has 0 radical (unpaired) electrons. The Labute approximate surface area is 109 Å². The Balaban J connectivity index is 2.89. The predicted molar refractivity (Wildman–Crippen MR) is 77.3 cm³/mol. The van der Waals surface area contributed by atoms with Crippen LogP contribution in [-0.2, 0) is 11.2 Å². The standard InChI is InChI=1S/C14H21NOS/c1-4-15(5-2)13-7-6-12(11(3)8-13)9-14(16)10-17/h6-8,17H,4-5,9-10H2,1-3H3. The van der Waals surface area contributed by atoms with Crippen LogP contribution in [0.3, 0.4) is 0 Å².